The Morgan fingerprint density at radius 2 is 1.52 bits per heavy atom. The molecule has 0 aromatic carbocycles. The summed E-state index contributed by atoms with van der Waals surface area (Å²) in [6, 6.07) is 0. The highest BCUT2D eigenvalue weighted by Crippen LogP contribution is 2.68. The van der Waals surface area contributed by atoms with Crippen LogP contribution in [0.25, 0.3) is 0 Å². The normalized spacial score (nSPS) is 48.0. The van der Waals surface area contributed by atoms with Crippen molar-refractivity contribution in [3.05, 3.63) is 0 Å². The van der Waals surface area contributed by atoms with Crippen molar-refractivity contribution in [2.45, 2.75) is 118 Å². The zero-order chi connectivity index (χ0) is 19.2. The molecule has 4 fully saturated rings. The smallest absolute Gasteiger partial charge is 0.0264 e. The van der Waals surface area contributed by atoms with E-state index in [0.29, 0.717) is 10.8 Å². The fourth-order valence-electron chi connectivity index (χ4n) is 9.32. The summed E-state index contributed by atoms with van der Waals surface area (Å²) in [7, 11) is 0. The molecule has 27 heavy (non-hydrogen) atoms. The zero-order valence-electron chi connectivity index (χ0n) is 19.2. The van der Waals surface area contributed by atoms with Gasteiger partial charge in [0.1, 0.15) is 0 Å². The van der Waals surface area contributed by atoms with Gasteiger partial charge in [-0.1, -0.05) is 66.7 Å². The Morgan fingerprint density at radius 1 is 0.741 bits per heavy atom. The summed E-state index contributed by atoms with van der Waals surface area (Å²) < 4.78 is 0. The molecule has 0 N–H and O–H groups in total. The first kappa shape index (κ1) is 20.3. The van der Waals surface area contributed by atoms with E-state index in [1.807, 2.05) is 0 Å². The van der Waals surface area contributed by atoms with E-state index in [4.69, 9.17) is 0 Å². The zero-order valence-corrected chi connectivity index (χ0v) is 19.2. The highest BCUT2D eigenvalue weighted by atomic mass is 14.6. The number of fused-ring (bicyclic) bond motifs is 5. The first-order valence-corrected chi connectivity index (χ1v) is 12.9. The van der Waals surface area contributed by atoms with Crippen molar-refractivity contribution in [2.24, 2.45) is 52.3 Å². The quantitative estimate of drug-likeness (QED) is 0.453. The van der Waals surface area contributed by atoms with Gasteiger partial charge in [-0.25, -0.2) is 0 Å². The average molecular weight is 373 g/mol. The lowest BCUT2D eigenvalue weighted by Gasteiger charge is -2.61. The van der Waals surface area contributed by atoms with Crippen LogP contribution in [0, 0.1) is 52.3 Å². The molecule has 4 saturated carbocycles. The number of hydrogen-bond donors (Lipinski definition) is 0. The molecular formula is C27H48. The van der Waals surface area contributed by atoms with Gasteiger partial charge >= 0.3 is 0 Å². The maximum Gasteiger partial charge on any atom is -0.0264 e. The molecule has 0 saturated heterocycles. The van der Waals surface area contributed by atoms with Gasteiger partial charge in [0.05, 0.1) is 0 Å². The third-order valence-corrected chi connectivity index (χ3v) is 10.8. The Bertz CT molecular complexity index is 506. The molecule has 8 atom stereocenters. The Labute approximate surface area is 170 Å². The van der Waals surface area contributed by atoms with Crippen molar-refractivity contribution in [3.63, 3.8) is 0 Å². The van der Waals surface area contributed by atoms with Crippen LogP contribution in [0.15, 0.2) is 0 Å². The third kappa shape index (κ3) is 3.44. The van der Waals surface area contributed by atoms with Crippen LogP contribution in [0.1, 0.15) is 118 Å². The van der Waals surface area contributed by atoms with E-state index in [9.17, 15) is 0 Å². The summed E-state index contributed by atoms with van der Waals surface area (Å²) in [5.41, 5.74) is 1.39. The molecule has 156 valence electrons. The van der Waals surface area contributed by atoms with E-state index in [1.54, 1.807) is 51.4 Å². The molecule has 0 aliphatic heterocycles. The van der Waals surface area contributed by atoms with Crippen LogP contribution < -0.4 is 0 Å². The summed E-state index contributed by atoms with van der Waals surface area (Å²) in [4.78, 5) is 0. The molecule has 0 aromatic rings. The van der Waals surface area contributed by atoms with Crippen LogP contribution in [0.5, 0.6) is 0 Å². The largest absolute Gasteiger partial charge is 0.0628 e. The maximum atomic E-state index is 2.75. The second kappa shape index (κ2) is 7.68. The maximum absolute atomic E-state index is 2.75. The predicted octanol–water partition coefficient (Wildman–Crippen LogP) is 8.50. The fourth-order valence-corrected chi connectivity index (χ4v) is 9.32. The van der Waals surface area contributed by atoms with Gasteiger partial charge in [0.2, 0.25) is 0 Å². The van der Waals surface area contributed by atoms with Crippen molar-refractivity contribution in [3.8, 4) is 0 Å². The molecular weight excluding hydrogens is 324 g/mol. The van der Waals surface area contributed by atoms with E-state index in [2.05, 4.69) is 34.6 Å². The molecule has 0 bridgehead atoms. The Kier molecular flexibility index (Phi) is 5.77. The van der Waals surface area contributed by atoms with Crippen LogP contribution in [-0.4, -0.2) is 0 Å². The predicted molar refractivity (Wildman–Crippen MR) is 118 cm³/mol. The standard InChI is InChI=1S/C27H48/c1-19(2)9-8-10-20(3)23-14-15-24-22-13-12-21-11-6-7-17-26(21,4)25(22)16-18-27(23,24)5/h19-25H,6-18H2,1-5H3/t20-,21?,22-,23+,24+,25-,26-,27+/m0/s1. The molecule has 0 aromatic heterocycles. The van der Waals surface area contributed by atoms with Crippen molar-refractivity contribution in [2.75, 3.05) is 0 Å². The minimum Gasteiger partial charge on any atom is -0.0628 e. The monoisotopic (exact) mass is 372 g/mol. The third-order valence-electron chi connectivity index (χ3n) is 10.8. The highest BCUT2D eigenvalue weighted by molar-refractivity contribution is 5.09. The van der Waals surface area contributed by atoms with Gasteiger partial charge in [-0.3, -0.25) is 0 Å². The lowest BCUT2D eigenvalue weighted by atomic mass is 9.44. The second-order valence-corrected chi connectivity index (χ2v) is 12.4. The lowest BCUT2D eigenvalue weighted by Crippen LogP contribution is -2.53. The highest BCUT2D eigenvalue weighted by Gasteiger charge is 2.59. The van der Waals surface area contributed by atoms with Crippen LogP contribution in [-0.2, 0) is 0 Å². The molecule has 0 radical (unpaired) electrons. The van der Waals surface area contributed by atoms with E-state index >= 15 is 0 Å². The molecule has 0 spiro atoms. The van der Waals surface area contributed by atoms with Gasteiger partial charge in [-0.15, -0.1) is 0 Å². The Hall–Kier alpha value is 0. The van der Waals surface area contributed by atoms with Crippen LogP contribution in [0.4, 0.5) is 0 Å². The van der Waals surface area contributed by atoms with Gasteiger partial charge in [0.25, 0.3) is 0 Å². The molecule has 0 nitrogen and oxygen atoms in total. The van der Waals surface area contributed by atoms with Crippen molar-refractivity contribution >= 4 is 0 Å². The van der Waals surface area contributed by atoms with E-state index < -0.39 is 0 Å². The van der Waals surface area contributed by atoms with Crippen molar-refractivity contribution in [1.29, 1.82) is 0 Å². The van der Waals surface area contributed by atoms with Gasteiger partial charge in [0, 0.05) is 0 Å². The SMILES string of the molecule is CC(C)CCC[C@H](C)[C@H]1CC[C@@H]2[C@@H]3CCC4CCCC[C@]4(C)[C@H]3CC[C@@]21C. The van der Waals surface area contributed by atoms with Crippen LogP contribution >= 0.6 is 0 Å². The van der Waals surface area contributed by atoms with E-state index in [1.165, 1.54) is 32.1 Å². The molecule has 0 heterocycles. The average Bonchev–Trinajstić information content (AvgIpc) is 2.98. The molecule has 4 rings (SSSR count). The van der Waals surface area contributed by atoms with Gasteiger partial charge in [-0.05, 0) is 104 Å². The summed E-state index contributed by atoms with van der Waals surface area (Å²) in [5, 5.41) is 0. The summed E-state index contributed by atoms with van der Waals surface area (Å²) >= 11 is 0. The lowest BCUT2D eigenvalue weighted by molar-refractivity contribution is -0.114. The summed E-state index contributed by atoms with van der Waals surface area (Å²) in [5.74, 6) is 7.15. The minimum atomic E-state index is 0.677. The Balaban J connectivity index is 1.46. The molecule has 1 unspecified atom stereocenters. The molecule has 0 amide bonds. The first-order valence-electron chi connectivity index (χ1n) is 12.9. The topological polar surface area (TPSA) is 0 Å². The van der Waals surface area contributed by atoms with Gasteiger partial charge < -0.3 is 0 Å². The molecule has 4 aliphatic carbocycles. The minimum absolute atomic E-state index is 0.677. The van der Waals surface area contributed by atoms with E-state index in [-0.39, 0.29) is 0 Å². The van der Waals surface area contributed by atoms with Gasteiger partial charge in [-0.2, -0.15) is 0 Å². The first-order chi connectivity index (χ1) is 12.9. The second-order valence-electron chi connectivity index (χ2n) is 12.4. The molecule has 4 aliphatic rings. The van der Waals surface area contributed by atoms with Crippen molar-refractivity contribution < 1.29 is 0 Å². The molecule has 0 heteroatoms. The number of rotatable bonds is 5. The van der Waals surface area contributed by atoms with Crippen molar-refractivity contribution in [1.82, 2.24) is 0 Å². The van der Waals surface area contributed by atoms with Crippen LogP contribution in [0.2, 0.25) is 0 Å². The fraction of sp³-hybridized carbons (Fsp3) is 1.00. The summed E-state index contributed by atoms with van der Waals surface area (Å²) in [6.45, 7) is 12.9. The van der Waals surface area contributed by atoms with Gasteiger partial charge in [0.15, 0.2) is 0 Å². The van der Waals surface area contributed by atoms with Crippen LogP contribution in [0.3, 0.4) is 0 Å². The Morgan fingerprint density at radius 3 is 2.30 bits per heavy atom. The van der Waals surface area contributed by atoms with E-state index in [0.717, 1.165) is 41.4 Å². The number of hydrogen-bond acceptors (Lipinski definition) is 0. The summed E-state index contributed by atoms with van der Waals surface area (Å²) in [6.07, 6.45) is 19.9.